The van der Waals surface area contributed by atoms with Crippen molar-refractivity contribution in [3.05, 3.63) is 17.0 Å². The van der Waals surface area contributed by atoms with Gasteiger partial charge in [-0.05, 0) is 39.3 Å². The molecule has 0 fully saturated rings. The van der Waals surface area contributed by atoms with Crippen LogP contribution in [-0.2, 0) is 6.42 Å². The first-order valence-corrected chi connectivity index (χ1v) is 8.23. The summed E-state index contributed by atoms with van der Waals surface area (Å²) in [6, 6.07) is 0.0557. The summed E-state index contributed by atoms with van der Waals surface area (Å²) in [4.78, 5) is 14.8. The van der Waals surface area contributed by atoms with Gasteiger partial charge in [-0.25, -0.2) is 0 Å². The Hall–Kier alpha value is -1.36. The maximum absolute atomic E-state index is 12.5. The highest BCUT2D eigenvalue weighted by Crippen LogP contribution is 2.27. The molecule has 1 rings (SSSR count). The smallest absolute Gasteiger partial charge is 0.273 e. The van der Waals surface area contributed by atoms with E-state index in [9.17, 15) is 4.79 Å². The molecule has 0 saturated heterocycles. The van der Waals surface area contributed by atoms with Gasteiger partial charge in [0.2, 0.25) is 0 Å². The minimum Gasteiger partial charge on any atom is -0.360 e. The van der Waals surface area contributed by atoms with Crippen molar-refractivity contribution in [3.8, 4) is 0 Å². The molecule has 1 amide bonds. The maximum Gasteiger partial charge on any atom is 0.273 e. The summed E-state index contributed by atoms with van der Waals surface area (Å²) < 4.78 is 5.22. The van der Waals surface area contributed by atoms with Gasteiger partial charge in [0, 0.05) is 24.6 Å². The molecule has 1 N–H and O–H groups in total. The van der Waals surface area contributed by atoms with E-state index < -0.39 is 0 Å². The highest BCUT2D eigenvalue weighted by atomic mass is 16.5. The van der Waals surface area contributed by atoms with Crippen LogP contribution in [0.3, 0.4) is 0 Å². The van der Waals surface area contributed by atoms with Gasteiger partial charge in [-0.3, -0.25) is 4.79 Å². The Kier molecular flexibility index (Phi) is 6.60. The molecular formula is C17H31N3O2. The lowest BCUT2D eigenvalue weighted by Gasteiger charge is -2.38. The summed E-state index contributed by atoms with van der Waals surface area (Å²) in [5, 5.41) is 7.03. The molecule has 0 radical (unpaired) electrons. The number of hydrogen-bond acceptors (Lipinski definition) is 4. The predicted octanol–water partition coefficient (Wildman–Crippen LogP) is 3.03. The van der Waals surface area contributed by atoms with E-state index in [1.807, 2.05) is 13.8 Å². The fourth-order valence-corrected chi connectivity index (χ4v) is 2.63. The second kappa shape index (κ2) is 7.77. The molecule has 1 aromatic rings. The number of rotatable bonds is 8. The summed E-state index contributed by atoms with van der Waals surface area (Å²) in [7, 11) is 2.11. The normalized spacial score (nSPS) is 15.6. The number of amides is 1. The highest BCUT2D eigenvalue weighted by molar-refractivity contribution is 5.93. The van der Waals surface area contributed by atoms with E-state index in [-0.39, 0.29) is 17.4 Å². The van der Waals surface area contributed by atoms with Crippen LogP contribution in [0.25, 0.3) is 0 Å². The fourth-order valence-electron chi connectivity index (χ4n) is 2.63. The van der Waals surface area contributed by atoms with Crippen molar-refractivity contribution in [3.63, 3.8) is 0 Å². The molecule has 0 saturated carbocycles. The fraction of sp³-hybridized carbons (Fsp3) is 0.765. The van der Waals surface area contributed by atoms with Crippen LogP contribution < -0.4 is 5.32 Å². The third-order valence-electron chi connectivity index (χ3n) is 4.93. The molecule has 22 heavy (non-hydrogen) atoms. The van der Waals surface area contributed by atoms with Crippen molar-refractivity contribution in [1.82, 2.24) is 15.4 Å². The van der Waals surface area contributed by atoms with E-state index in [0.29, 0.717) is 5.69 Å². The molecule has 0 aliphatic carbocycles. The van der Waals surface area contributed by atoms with Gasteiger partial charge < -0.3 is 14.7 Å². The molecule has 0 aromatic carbocycles. The molecule has 5 heteroatoms. The van der Waals surface area contributed by atoms with Gasteiger partial charge in [0.1, 0.15) is 5.76 Å². The van der Waals surface area contributed by atoms with Crippen molar-refractivity contribution in [2.45, 2.75) is 60.4 Å². The van der Waals surface area contributed by atoms with Crippen molar-refractivity contribution in [2.24, 2.45) is 5.41 Å². The Morgan fingerprint density at radius 2 is 2.05 bits per heavy atom. The number of carbonyl (C=O) groups excluding carboxylic acids is 1. The minimum absolute atomic E-state index is 0.0195. The standard InChI is InChI=1S/C17H31N3O2/c1-8-14-12(4)15(19-22-14)16(21)18-13(5)17(6,9-2)11-20(7)10-3/h13H,8-11H2,1-7H3,(H,18,21). The van der Waals surface area contributed by atoms with Crippen LogP contribution in [0.1, 0.15) is 62.9 Å². The number of aromatic nitrogens is 1. The molecule has 1 aromatic heterocycles. The average Bonchev–Trinajstić information content (AvgIpc) is 2.87. The van der Waals surface area contributed by atoms with E-state index in [2.05, 4.69) is 50.1 Å². The van der Waals surface area contributed by atoms with E-state index in [0.717, 1.165) is 37.3 Å². The van der Waals surface area contributed by atoms with E-state index in [4.69, 9.17) is 4.52 Å². The van der Waals surface area contributed by atoms with Crippen LogP contribution in [0.15, 0.2) is 4.52 Å². The van der Waals surface area contributed by atoms with Crippen LogP contribution in [0.2, 0.25) is 0 Å². The lowest BCUT2D eigenvalue weighted by molar-refractivity contribution is 0.0845. The second-order valence-electron chi connectivity index (χ2n) is 6.47. The number of carbonyl (C=O) groups is 1. The Morgan fingerprint density at radius 3 is 2.50 bits per heavy atom. The van der Waals surface area contributed by atoms with E-state index in [1.165, 1.54) is 0 Å². The summed E-state index contributed by atoms with van der Waals surface area (Å²) in [5.74, 6) is 0.633. The topological polar surface area (TPSA) is 58.4 Å². The number of hydrogen-bond donors (Lipinski definition) is 1. The lowest BCUT2D eigenvalue weighted by atomic mass is 9.80. The monoisotopic (exact) mass is 309 g/mol. The molecule has 1 heterocycles. The average molecular weight is 309 g/mol. The van der Waals surface area contributed by atoms with Gasteiger partial charge in [-0.15, -0.1) is 0 Å². The van der Waals surface area contributed by atoms with E-state index in [1.54, 1.807) is 0 Å². The van der Waals surface area contributed by atoms with Gasteiger partial charge in [0.15, 0.2) is 5.69 Å². The van der Waals surface area contributed by atoms with Crippen molar-refractivity contribution < 1.29 is 9.32 Å². The Balaban J connectivity index is 2.82. The molecular weight excluding hydrogens is 278 g/mol. The van der Waals surface area contributed by atoms with Crippen molar-refractivity contribution >= 4 is 5.91 Å². The lowest BCUT2D eigenvalue weighted by Crippen LogP contribution is -2.49. The number of nitrogens with one attached hydrogen (secondary N) is 1. The van der Waals surface area contributed by atoms with Crippen LogP contribution in [0.4, 0.5) is 0 Å². The molecule has 0 aliphatic heterocycles. The van der Waals surface area contributed by atoms with Gasteiger partial charge in [-0.2, -0.15) is 0 Å². The largest absolute Gasteiger partial charge is 0.360 e. The SMILES string of the molecule is CCc1onc(C(=O)NC(C)C(C)(CC)CN(C)CC)c1C. The Bertz CT molecular complexity index is 498. The number of nitrogens with zero attached hydrogens (tertiary/aromatic N) is 2. The summed E-state index contributed by atoms with van der Waals surface area (Å²) in [6.07, 6.45) is 1.74. The summed E-state index contributed by atoms with van der Waals surface area (Å²) in [6.45, 7) is 14.4. The van der Waals surface area contributed by atoms with Gasteiger partial charge in [0.05, 0.1) is 0 Å². The van der Waals surface area contributed by atoms with E-state index >= 15 is 0 Å². The van der Waals surface area contributed by atoms with Crippen molar-refractivity contribution in [2.75, 3.05) is 20.1 Å². The summed E-state index contributed by atoms with van der Waals surface area (Å²) in [5.41, 5.74) is 1.27. The quantitative estimate of drug-likeness (QED) is 0.802. The van der Waals surface area contributed by atoms with Crippen LogP contribution >= 0.6 is 0 Å². The van der Waals surface area contributed by atoms with Gasteiger partial charge in [0.25, 0.3) is 5.91 Å². The zero-order valence-electron chi connectivity index (χ0n) is 15.1. The third kappa shape index (κ3) is 4.09. The molecule has 2 unspecified atom stereocenters. The molecule has 0 aliphatic rings. The molecule has 126 valence electrons. The zero-order valence-corrected chi connectivity index (χ0v) is 15.1. The second-order valence-corrected chi connectivity index (χ2v) is 6.47. The predicted molar refractivity (Wildman–Crippen MR) is 89.1 cm³/mol. The van der Waals surface area contributed by atoms with Gasteiger partial charge in [-0.1, -0.05) is 32.9 Å². The third-order valence-corrected chi connectivity index (χ3v) is 4.93. The molecule has 2 atom stereocenters. The molecule has 0 bridgehead atoms. The first-order chi connectivity index (χ1) is 10.3. The van der Waals surface area contributed by atoms with Crippen LogP contribution in [0, 0.1) is 12.3 Å². The highest BCUT2D eigenvalue weighted by Gasteiger charge is 2.32. The van der Waals surface area contributed by atoms with Gasteiger partial charge >= 0.3 is 0 Å². The first kappa shape index (κ1) is 18.7. The minimum atomic E-state index is -0.146. The molecule has 5 nitrogen and oxygen atoms in total. The van der Waals surface area contributed by atoms with Crippen LogP contribution in [-0.4, -0.2) is 42.1 Å². The summed E-state index contributed by atoms with van der Waals surface area (Å²) >= 11 is 0. The molecule has 0 spiro atoms. The Labute approximate surface area is 134 Å². The number of aryl methyl sites for hydroxylation is 1. The zero-order chi connectivity index (χ0) is 16.9. The van der Waals surface area contributed by atoms with Crippen LogP contribution in [0.5, 0.6) is 0 Å². The van der Waals surface area contributed by atoms with Crippen molar-refractivity contribution in [1.29, 1.82) is 0 Å². The first-order valence-electron chi connectivity index (χ1n) is 8.23. The Morgan fingerprint density at radius 1 is 1.41 bits per heavy atom. The maximum atomic E-state index is 12.5.